The van der Waals surface area contributed by atoms with Crippen molar-refractivity contribution in [2.75, 3.05) is 10.7 Å². The van der Waals surface area contributed by atoms with Gasteiger partial charge < -0.3 is 10.7 Å². The molecule has 4 N–H and O–H groups in total. The van der Waals surface area contributed by atoms with E-state index in [-0.39, 0.29) is 5.91 Å². The molecule has 98 valence electrons. The summed E-state index contributed by atoms with van der Waals surface area (Å²) in [6.45, 7) is 1.79. The molecular weight excluding hydrogens is 310 g/mol. The van der Waals surface area contributed by atoms with Crippen LogP contribution in [0, 0.1) is 6.92 Å². The van der Waals surface area contributed by atoms with E-state index >= 15 is 0 Å². The first kappa shape index (κ1) is 13.4. The van der Waals surface area contributed by atoms with Crippen LogP contribution in [-0.2, 0) is 0 Å². The minimum absolute atomic E-state index is 0.267. The third-order valence-corrected chi connectivity index (χ3v) is 2.80. The number of halogens is 1. The van der Waals surface area contributed by atoms with Gasteiger partial charge in [-0.15, -0.1) is 0 Å². The molecule has 0 radical (unpaired) electrons. The van der Waals surface area contributed by atoms with Crippen LogP contribution >= 0.6 is 15.9 Å². The van der Waals surface area contributed by atoms with Crippen molar-refractivity contribution in [3.8, 4) is 0 Å². The summed E-state index contributed by atoms with van der Waals surface area (Å²) in [6.07, 6.45) is 1.61. The lowest BCUT2D eigenvalue weighted by molar-refractivity contribution is 0.102. The van der Waals surface area contributed by atoms with E-state index in [0.29, 0.717) is 22.9 Å². The molecular formula is C12H12BrN5O. The van der Waals surface area contributed by atoms with Gasteiger partial charge in [0.1, 0.15) is 11.6 Å². The minimum atomic E-state index is -0.267. The SMILES string of the molecule is Cc1cc(C(=O)Nc2ccc(Br)cn2)cc(NN)n1. The average molecular weight is 322 g/mol. The first-order valence-corrected chi connectivity index (χ1v) is 6.26. The number of carbonyl (C=O) groups excluding carboxylic acids is 1. The smallest absolute Gasteiger partial charge is 0.257 e. The average Bonchev–Trinajstić information content (AvgIpc) is 2.40. The zero-order chi connectivity index (χ0) is 13.8. The Bertz CT molecular complexity index is 600. The number of anilines is 2. The van der Waals surface area contributed by atoms with E-state index in [1.807, 2.05) is 0 Å². The maximum Gasteiger partial charge on any atom is 0.257 e. The zero-order valence-electron chi connectivity index (χ0n) is 10.1. The van der Waals surface area contributed by atoms with Gasteiger partial charge in [-0.2, -0.15) is 0 Å². The molecule has 19 heavy (non-hydrogen) atoms. The van der Waals surface area contributed by atoms with Crippen molar-refractivity contribution < 1.29 is 4.79 Å². The molecule has 2 heterocycles. The molecule has 0 saturated carbocycles. The third-order valence-electron chi connectivity index (χ3n) is 2.33. The maximum absolute atomic E-state index is 12.1. The molecule has 7 heteroatoms. The molecule has 6 nitrogen and oxygen atoms in total. The first-order chi connectivity index (χ1) is 9.08. The normalized spacial score (nSPS) is 10.1. The van der Waals surface area contributed by atoms with Gasteiger partial charge in [0, 0.05) is 21.9 Å². The molecule has 0 fully saturated rings. The molecule has 2 aromatic heterocycles. The molecule has 2 rings (SSSR count). The molecule has 0 bridgehead atoms. The highest BCUT2D eigenvalue weighted by molar-refractivity contribution is 9.10. The number of hydrogen-bond donors (Lipinski definition) is 3. The fraction of sp³-hybridized carbons (Fsp3) is 0.0833. The Morgan fingerprint density at radius 2 is 2.11 bits per heavy atom. The van der Waals surface area contributed by atoms with Gasteiger partial charge in [-0.25, -0.2) is 15.8 Å². The predicted octanol–water partition coefficient (Wildman–Crippen LogP) is 2.09. The maximum atomic E-state index is 12.1. The minimum Gasteiger partial charge on any atom is -0.308 e. The summed E-state index contributed by atoms with van der Waals surface area (Å²) in [4.78, 5) is 20.2. The number of nitrogen functional groups attached to an aromatic ring is 1. The van der Waals surface area contributed by atoms with Crippen LogP contribution in [0.25, 0.3) is 0 Å². The van der Waals surface area contributed by atoms with Crippen LogP contribution in [0.1, 0.15) is 16.1 Å². The number of aryl methyl sites for hydroxylation is 1. The molecule has 0 saturated heterocycles. The van der Waals surface area contributed by atoms with Gasteiger partial charge >= 0.3 is 0 Å². The molecule has 0 aromatic carbocycles. The summed E-state index contributed by atoms with van der Waals surface area (Å²) in [5, 5.41) is 2.70. The van der Waals surface area contributed by atoms with Gasteiger partial charge in [0.2, 0.25) is 0 Å². The van der Waals surface area contributed by atoms with Crippen LogP contribution < -0.4 is 16.6 Å². The number of rotatable bonds is 3. The van der Waals surface area contributed by atoms with Crippen LogP contribution in [0.4, 0.5) is 11.6 Å². The Morgan fingerprint density at radius 3 is 2.74 bits per heavy atom. The first-order valence-electron chi connectivity index (χ1n) is 5.46. The van der Waals surface area contributed by atoms with Gasteiger partial charge in [-0.05, 0) is 47.1 Å². The summed E-state index contributed by atoms with van der Waals surface area (Å²) in [5.41, 5.74) is 3.58. The van der Waals surface area contributed by atoms with Crippen molar-refractivity contribution in [1.82, 2.24) is 9.97 Å². The number of carbonyl (C=O) groups is 1. The van der Waals surface area contributed by atoms with Crippen molar-refractivity contribution in [1.29, 1.82) is 0 Å². The van der Waals surface area contributed by atoms with Crippen molar-refractivity contribution in [3.05, 3.63) is 46.2 Å². The summed E-state index contributed by atoms with van der Waals surface area (Å²) in [6, 6.07) is 6.75. The fourth-order valence-corrected chi connectivity index (χ4v) is 1.75. The van der Waals surface area contributed by atoms with E-state index in [1.54, 1.807) is 37.4 Å². The predicted molar refractivity (Wildman–Crippen MR) is 76.7 cm³/mol. The summed E-state index contributed by atoms with van der Waals surface area (Å²) in [7, 11) is 0. The Kier molecular flexibility index (Phi) is 4.08. The van der Waals surface area contributed by atoms with Gasteiger partial charge in [-0.3, -0.25) is 4.79 Å². The number of aromatic nitrogens is 2. The lowest BCUT2D eigenvalue weighted by Gasteiger charge is -2.07. The molecule has 0 aliphatic rings. The number of amides is 1. The van der Waals surface area contributed by atoms with Crippen molar-refractivity contribution in [2.24, 2.45) is 5.84 Å². The van der Waals surface area contributed by atoms with Crippen molar-refractivity contribution in [3.63, 3.8) is 0 Å². The Balaban J connectivity index is 2.20. The zero-order valence-corrected chi connectivity index (χ0v) is 11.7. The number of nitrogens with zero attached hydrogens (tertiary/aromatic N) is 2. The van der Waals surface area contributed by atoms with E-state index < -0.39 is 0 Å². The molecule has 0 aliphatic carbocycles. The number of nitrogens with one attached hydrogen (secondary N) is 2. The Labute approximate surface area is 118 Å². The third kappa shape index (κ3) is 3.49. The van der Waals surface area contributed by atoms with Crippen LogP contribution in [-0.4, -0.2) is 15.9 Å². The number of hydrazine groups is 1. The summed E-state index contributed by atoms with van der Waals surface area (Å²) >= 11 is 3.28. The largest absolute Gasteiger partial charge is 0.308 e. The van der Waals surface area contributed by atoms with Crippen LogP contribution in [0.3, 0.4) is 0 Å². The number of pyridine rings is 2. The highest BCUT2D eigenvalue weighted by Gasteiger charge is 2.09. The van der Waals surface area contributed by atoms with E-state index in [9.17, 15) is 4.79 Å². The van der Waals surface area contributed by atoms with Gasteiger partial charge in [0.25, 0.3) is 5.91 Å². The highest BCUT2D eigenvalue weighted by Crippen LogP contribution is 2.13. The standard InChI is InChI=1S/C12H12BrN5O/c1-7-4-8(5-11(16-7)18-14)12(19)17-10-3-2-9(13)6-15-10/h2-6H,14H2,1H3,(H,16,18)(H,15,17,19). The quantitative estimate of drug-likeness (QED) is 0.594. The molecule has 0 aliphatic heterocycles. The van der Waals surface area contributed by atoms with E-state index in [1.165, 1.54) is 0 Å². The molecule has 0 spiro atoms. The number of hydrogen-bond acceptors (Lipinski definition) is 5. The van der Waals surface area contributed by atoms with Gasteiger partial charge in [0.05, 0.1) is 0 Å². The Morgan fingerprint density at radius 1 is 1.32 bits per heavy atom. The second kappa shape index (κ2) is 5.77. The highest BCUT2D eigenvalue weighted by atomic mass is 79.9. The lowest BCUT2D eigenvalue weighted by Crippen LogP contribution is -2.15. The molecule has 2 aromatic rings. The van der Waals surface area contributed by atoms with Crippen LogP contribution in [0.2, 0.25) is 0 Å². The summed E-state index contributed by atoms with van der Waals surface area (Å²) < 4.78 is 0.847. The second-order valence-electron chi connectivity index (χ2n) is 3.84. The van der Waals surface area contributed by atoms with E-state index in [0.717, 1.165) is 4.47 Å². The van der Waals surface area contributed by atoms with Crippen molar-refractivity contribution >= 4 is 33.5 Å². The Hall–Kier alpha value is -1.99. The number of nitrogens with two attached hydrogens (primary N) is 1. The van der Waals surface area contributed by atoms with E-state index in [4.69, 9.17) is 5.84 Å². The topological polar surface area (TPSA) is 92.9 Å². The van der Waals surface area contributed by atoms with Gasteiger partial charge in [0.15, 0.2) is 0 Å². The summed E-state index contributed by atoms with van der Waals surface area (Å²) in [5.74, 6) is 5.94. The van der Waals surface area contributed by atoms with Gasteiger partial charge in [-0.1, -0.05) is 0 Å². The van der Waals surface area contributed by atoms with Crippen LogP contribution in [0.5, 0.6) is 0 Å². The molecule has 0 unspecified atom stereocenters. The lowest BCUT2D eigenvalue weighted by atomic mass is 10.2. The van der Waals surface area contributed by atoms with Crippen molar-refractivity contribution in [2.45, 2.75) is 6.92 Å². The molecule has 0 atom stereocenters. The molecule has 1 amide bonds. The monoisotopic (exact) mass is 321 g/mol. The fourth-order valence-electron chi connectivity index (χ4n) is 1.51. The van der Waals surface area contributed by atoms with E-state index in [2.05, 4.69) is 36.6 Å². The second-order valence-corrected chi connectivity index (χ2v) is 4.76. The van der Waals surface area contributed by atoms with Crippen LogP contribution in [0.15, 0.2) is 34.9 Å².